The van der Waals surface area contributed by atoms with Crippen molar-refractivity contribution in [1.29, 1.82) is 0 Å². The molecule has 0 aromatic carbocycles. The Morgan fingerprint density at radius 1 is 1.26 bits per heavy atom. The fourth-order valence-corrected chi connectivity index (χ4v) is 2.92. The van der Waals surface area contributed by atoms with Crippen molar-refractivity contribution in [3.05, 3.63) is 23.3 Å². The molecular weight excluding hydrogens is 284 g/mol. The number of piperidine rings is 1. The normalized spacial score (nSPS) is 20.7. The van der Waals surface area contributed by atoms with E-state index in [1.54, 1.807) is 12.7 Å². The van der Waals surface area contributed by atoms with Gasteiger partial charge in [-0.1, -0.05) is 44.1 Å². The molecule has 2 unspecified atom stereocenters. The van der Waals surface area contributed by atoms with Crippen LogP contribution < -0.4 is 5.73 Å². The van der Waals surface area contributed by atoms with Crippen molar-refractivity contribution >= 4 is 0 Å². The molecule has 1 aliphatic heterocycles. The molecule has 23 heavy (non-hydrogen) atoms. The van der Waals surface area contributed by atoms with Crippen LogP contribution in [0.5, 0.6) is 0 Å². The third kappa shape index (κ3) is 8.14. The number of hydrogen-bond acceptors (Lipinski definition) is 3. The third-order valence-corrected chi connectivity index (χ3v) is 4.82. The zero-order valence-electron chi connectivity index (χ0n) is 16.6. The maximum atomic E-state index is 6.02. The second-order valence-electron chi connectivity index (χ2n) is 6.28. The van der Waals surface area contributed by atoms with Crippen molar-refractivity contribution in [2.24, 2.45) is 5.73 Å². The number of likely N-dealkylation sites (tertiary alicyclic amines) is 1. The first-order valence-corrected chi connectivity index (χ1v) is 9.37. The number of hydrogen-bond donors (Lipinski definition) is 1. The summed E-state index contributed by atoms with van der Waals surface area (Å²) >= 11 is 0. The minimum Gasteiger partial charge on any atom is -0.378 e. The van der Waals surface area contributed by atoms with Crippen molar-refractivity contribution in [3.8, 4) is 0 Å². The van der Waals surface area contributed by atoms with Gasteiger partial charge in [0.15, 0.2) is 0 Å². The van der Waals surface area contributed by atoms with E-state index in [2.05, 4.69) is 44.7 Å². The summed E-state index contributed by atoms with van der Waals surface area (Å²) in [4.78, 5) is 2.59. The van der Waals surface area contributed by atoms with E-state index < -0.39 is 0 Å². The Balaban J connectivity index is 0.00000232. The quantitative estimate of drug-likeness (QED) is 0.699. The highest BCUT2D eigenvalue weighted by molar-refractivity contribution is 5.21. The first kappa shape index (κ1) is 22.4. The highest BCUT2D eigenvalue weighted by atomic mass is 16.5. The van der Waals surface area contributed by atoms with Crippen LogP contribution >= 0.6 is 0 Å². The molecular formula is C20H40N2O. The Bertz CT molecular complexity index is 355. The monoisotopic (exact) mass is 324 g/mol. The van der Waals surface area contributed by atoms with Crippen molar-refractivity contribution in [2.75, 3.05) is 20.2 Å². The van der Waals surface area contributed by atoms with Gasteiger partial charge in [-0.2, -0.15) is 0 Å². The summed E-state index contributed by atoms with van der Waals surface area (Å²) in [6.07, 6.45) is 9.00. The molecule has 0 radical (unpaired) electrons. The van der Waals surface area contributed by atoms with Gasteiger partial charge in [0.2, 0.25) is 0 Å². The van der Waals surface area contributed by atoms with Crippen molar-refractivity contribution in [2.45, 2.75) is 85.4 Å². The second kappa shape index (κ2) is 12.7. The van der Waals surface area contributed by atoms with E-state index in [0.717, 1.165) is 38.8 Å². The molecule has 1 fully saturated rings. The molecule has 136 valence electrons. The van der Waals surface area contributed by atoms with Crippen molar-refractivity contribution < 1.29 is 4.74 Å². The number of rotatable bonds is 7. The molecule has 0 saturated carbocycles. The van der Waals surface area contributed by atoms with Gasteiger partial charge < -0.3 is 10.5 Å². The van der Waals surface area contributed by atoms with Crippen LogP contribution in [0.3, 0.4) is 0 Å². The largest absolute Gasteiger partial charge is 0.378 e. The topological polar surface area (TPSA) is 38.5 Å². The lowest BCUT2D eigenvalue weighted by molar-refractivity contribution is 0.156. The fraction of sp³-hybridized carbons (Fsp3) is 0.800. The van der Waals surface area contributed by atoms with Crippen LogP contribution in [0.15, 0.2) is 23.3 Å². The van der Waals surface area contributed by atoms with E-state index in [0.29, 0.717) is 12.1 Å². The Kier molecular flexibility index (Phi) is 12.4. The first-order chi connectivity index (χ1) is 11.0. The summed E-state index contributed by atoms with van der Waals surface area (Å²) in [7, 11) is 1.75. The molecule has 0 bridgehead atoms. The minimum atomic E-state index is 0.191. The molecule has 1 rings (SSSR count). The average molecular weight is 325 g/mol. The molecule has 1 heterocycles. The third-order valence-electron chi connectivity index (χ3n) is 4.82. The van der Waals surface area contributed by atoms with Gasteiger partial charge in [0.05, 0.1) is 6.10 Å². The predicted octanol–water partition coefficient (Wildman–Crippen LogP) is 4.53. The predicted molar refractivity (Wildman–Crippen MR) is 103 cm³/mol. The molecule has 1 aliphatic rings. The van der Waals surface area contributed by atoms with Crippen LogP contribution in [0.4, 0.5) is 0 Å². The number of allylic oxidation sites excluding steroid dienone is 2. The highest BCUT2D eigenvalue weighted by Gasteiger charge is 2.23. The molecule has 0 amide bonds. The molecule has 2 atom stereocenters. The molecule has 0 aromatic heterocycles. The Labute approximate surface area is 145 Å². The zero-order valence-corrected chi connectivity index (χ0v) is 16.6. The number of methoxy groups -OCH3 is 1. The summed E-state index contributed by atoms with van der Waals surface area (Å²) in [5.74, 6) is 0. The van der Waals surface area contributed by atoms with E-state index >= 15 is 0 Å². The van der Waals surface area contributed by atoms with Gasteiger partial charge in [-0.15, -0.1) is 0 Å². The van der Waals surface area contributed by atoms with Gasteiger partial charge in [0.1, 0.15) is 0 Å². The van der Waals surface area contributed by atoms with Gasteiger partial charge >= 0.3 is 0 Å². The summed E-state index contributed by atoms with van der Waals surface area (Å²) < 4.78 is 5.28. The Hall–Kier alpha value is -0.640. The SMILES string of the molecule is CC.CC/C(C)=C(\C/C=C\C(C)OC)C(C)N1CCC(N)CC1. The number of nitrogens with zero attached hydrogens (tertiary/aromatic N) is 1. The van der Waals surface area contributed by atoms with E-state index in [1.165, 1.54) is 5.57 Å². The maximum absolute atomic E-state index is 6.02. The summed E-state index contributed by atoms with van der Waals surface area (Å²) in [5, 5.41) is 0. The van der Waals surface area contributed by atoms with E-state index in [9.17, 15) is 0 Å². The maximum Gasteiger partial charge on any atom is 0.0723 e. The smallest absolute Gasteiger partial charge is 0.0723 e. The van der Waals surface area contributed by atoms with E-state index in [-0.39, 0.29) is 6.10 Å². The van der Waals surface area contributed by atoms with Gasteiger partial charge in [-0.05, 0) is 46.5 Å². The van der Waals surface area contributed by atoms with Crippen LogP contribution in [0.1, 0.15) is 67.2 Å². The minimum absolute atomic E-state index is 0.191. The summed E-state index contributed by atoms with van der Waals surface area (Å²) in [6, 6.07) is 0.913. The van der Waals surface area contributed by atoms with Crippen LogP contribution in [-0.4, -0.2) is 43.3 Å². The number of nitrogens with two attached hydrogens (primary N) is 1. The molecule has 1 saturated heterocycles. The summed E-state index contributed by atoms with van der Waals surface area (Å²) in [5.41, 5.74) is 9.11. The van der Waals surface area contributed by atoms with E-state index in [4.69, 9.17) is 10.5 Å². The standard InChI is InChI=1S/C18H34N2O.C2H6/c1-6-14(2)18(9-7-8-15(3)21-5)16(4)20-12-10-17(19)11-13-20;1-2/h7-8,15-17H,6,9-13,19H2,1-5H3;1-2H3/b8-7-,18-14+;. The average Bonchev–Trinajstić information content (AvgIpc) is 2.59. The fourth-order valence-electron chi connectivity index (χ4n) is 2.92. The lowest BCUT2D eigenvalue weighted by Crippen LogP contribution is -2.44. The molecule has 2 N–H and O–H groups in total. The Morgan fingerprint density at radius 2 is 1.83 bits per heavy atom. The lowest BCUT2D eigenvalue weighted by Gasteiger charge is -2.36. The molecule has 0 spiro atoms. The molecule has 0 aliphatic carbocycles. The Morgan fingerprint density at radius 3 is 2.30 bits per heavy atom. The summed E-state index contributed by atoms with van der Waals surface area (Å²) in [6.45, 7) is 15.2. The van der Waals surface area contributed by atoms with Gasteiger partial charge in [-0.25, -0.2) is 0 Å². The first-order valence-electron chi connectivity index (χ1n) is 9.37. The molecule has 0 aromatic rings. The van der Waals surface area contributed by atoms with Gasteiger partial charge in [-0.3, -0.25) is 4.90 Å². The van der Waals surface area contributed by atoms with Gasteiger partial charge in [0.25, 0.3) is 0 Å². The molecule has 3 heteroatoms. The number of ether oxygens (including phenoxy) is 1. The van der Waals surface area contributed by atoms with Crippen LogP contribution in [-0.2, 0) is 4.74 Å². The lowest BCUT2D eigenvalue weighted by atomic mass is 9.94. The highest BCUT2D eigenvalue weighted by Crippen LogP contribution is 2.23. The van der Waals surface area contributed by atoms with Crippen LogP contribution in [0, 0.1) is 0 Å². The second-order valence-corrected chi connectivity index (χ2v) is 6.28. The van der Waals surface area contributed by atoms with Crippen LogP contribution in [0.25, 0.3) is 0 Å². The zero-order chi connectivity index (χ0) is 17.8. The van der Waals surface area contributed by atoms with Crippen molar-refractivity contribution in [1.82, 2.24) is 4.90 Å². The van der Waals surface area contributed by atoms with Crippen molar-refractivity contribution in [3.63, 3.8) is 0 Å². The molecule has 3 nitrogen and oxygen atoms in total. The van der Waals surface area contributed by atoms with Gasteiger partial charge in [0, 0.05) is 32.3 Å². The van der Waals surface area contributed by atoms with E-state index in [1.807, 2.05) is 13.8 Å². The van der Waals surface area contributed by atoms with Crippen LogP contribution in [0.2, 0.25) is 0 Å².